The van der Waals surface area contributed by atoms with Crippen LogP contribution in [0.25, 0.3) is 6.08 Å². The number of hydrogen-bond donors (Lipinski definition) is 0. The van der Waals surface area contributed by atoms with E-state index in [1.54, 1.807) is 34.1 Å². The minimum Gasteiger partial charge on any atom is -0.496 e. The van der Waals surface area contributed by atoms with Crippen molar-refractivity contribution < 1.29 is 27.5 Å². The van der Waals surface area contributed by atoms with E-state index in [-0.39, 0.29) is 11.8 Å². The number of hydrogen-bond acceptors (Lipinski definition) is 3. The maximum Gasteiger partial charge on any atom is 0.416 e. The van der Waals surface area contributed by atoms with Gasteiger partial charge in [-0.1, -0.05) is 24.3 Å². The molecule has 1 saturated heterocycles. The van der Waals surface area contributed by atoms with Crippen molar-refractivity contribution >= 4 is 17.9 Å². The van der Waals surface area contributed by atoms with E-state index in [1.165, 1.54) is 31.4 Å². The van der Waals surface area contributed by atoms with E-state index < -0.39 is 11.7 Å². The highest BCUT2D eigenvalue weighted by atomic mass is 19.4. The molecule has 1 fully saturated rings. The summed E-state index contributed by atoms with van der Waals surface area (Å²) >= 11 is 0. The molecule has 0 saturated carbocycles. The molecule has 3 rings (SSSR count). The van der Waals surface area contributed by atoms with Crippen molar-refractivity contribution in [2.45, 2.75) is 12.6 Å². The summed E-state index contributed by atoms with van der Waals surface area (Å²) in [5, 5.41) is 0. The molecule has 0 atom stereocenters. The maximum absolute atomic E-state index is 12.9. The minimum atomic E-state index is -4.43. The Balaban J connectivity index is 1.63. The smallest absolute Gasteiger partial charge is 0.416 e. The predicted octanol–water partition coefficient (Wildman–Crippen LogP) is 4.10. The Morgan fingerprint density at radius 3 is 2.42 bits per heavy atom. The minimum absolute atomic E-state index is 0.161. The van der Waals surface area contributed by atoms with Crippen LogP contribution in [-0.2, 0) is 11.0 Å². The van der Waals surface area contributed by atoms with Gasteiger partial charge in [-0.2, -0.15) is 13.2 Å². The second kappa shape index (κ2) is 9.68. The number of nitrogens with zero attached hydrogens (tertiary/aromatic N) is 2. The average molecular weight is 432 g/mol. The number of benzene rings is 2. The Hall–Kier alpha value is -3.29. The fraction of sp³-hybridized carbons (Fsp3) is 0.304. The standard InChI is InChI=1S/C23H23F3N2O3/c1-31-20-9-3-2-8-19(20)22(30)28-13-5-12-27(14-15-28)21(29)11-10-17-6-4-7-18(16-17)23(24,25)26/h2-4,6-11,16H,5,12-15H2,1H3/b11-10+. The summed E-state index contributed by atoms with van der Waals surface area (Å²) in [4.78, 5) is 28.7. The van der Waals surface area contributed by atoms with Crippen molar-refractivity contribution in [3.63, 3.8) is 0 Å². The van der Waals surface area contributed by atoms with Crippen molar-refractivity contribution in [2.24, 2.45) is 0 Å². The van der Waals surface area contributed by atoms with Crippen LogP contribution in [0.2, 0.25) is 0 Å². The molecule has 1 aliphatic rings. The zero-order valence-electron chi connectivity index (χ0n) is 17.1. The van der Waals surface area contributed by atoms with Crippen molar-refractivity contribution in [3.05, 3.63) is 71.3 Å². The van der Waals surface area contributed by atoms with Crippen molar-refractivity contribution in [3.8, 4) is 5.75 Å². The highest BCUT2D eigenvalue weighted by Gasteiger charge is 2.30. The van der Waals surface area contributed by atoms with Gasteiger partial charge in [0.1, 0.15) is 5.75 Å². The molecule has 8 heteroatoms. The van der Waals surface area contributed by atoms with Gasteiger partial charge in [0.05, 0.1) is 18.2 Å². The van der Waals surface area contributed by atoms with E-state index in [0.717, 1.165) is 12.1 Å². The lowest BCUT2D eigenvalue weighted by Crippen LogP contribution is -2.36. The summed E-state index contributed by atoms with van der Waals surface area (Å²) in [5.41, 5.74) is 0.00237. The number of rotatable bonds is 4. The Morgan fingerprint density at radius 2 is 1.68 bits per heavy atom. The quantitative estimate of drug-likeness (QED) is 0.684. The molecule has 1 aliphatic heterocycles. The first-order valence-corrected chi connectivity index (χ1v) is 9.86. The van der Waals surface area contributed by atoms with Crippen molar-refractivity contribution in [1.29, 1.82) is 0 Å². The van der Waals surface area contributed by atoms with Crippen LogP contribution in [0.1, 0.15) is 27.9 Å². The van der Waals surface area contributed by atoms with Crippen LogP contribution >= 0.6 is 0 Å². The van der Waals surface area contributed by atoms with Gasteiger partial charge in [-0.05, 0) is 42.3 Å². The largest absolute Gasteiger partial charge is 0.496 e. The topological polar surface area (TPSA) is 49.9 Å². The average Bonchev–Trinajstić information content (AvgIpc) is 3.03. The molecule has 2 aromatic carbocycles. The molecule has 0 unspecified atom stereocenters. The third-order valence-electron chi connectivity index (χ3n) is 5.06. The van der Waals surface area contributed by atoms with Gasteiger partial charge in [-0.15, -0.1) is 0 Å². The SMILES string of the molecule is COc1ccccc1C(=O)N1CCCN(C(=O)/C=C/c2cccc(C(F)(F)F)c2)CC1. The molecule has 0 bridgehead atoms. The van der Waals surface area contributed by atoms with Gasteiger partial charge in [0.25, 0.3) is 5.91 Å². The monoisotopic (exact) mass is 432 g/mol. The molecule has 1 heterocycles. The Morgan fingerprint density at radius 1 is 0.968 bits per heavy atom. The maximum atomic E-state index is 12.9. The molecule has 0 spiro atoms. The number of carbonyl (C=O) groups is 2. The second-order valence-electron chi connectivity index (χ2n) is 7.13. The second-order valence-corrected chi connectivity index (χ2v) is 7.13. The third-order valence-corrected chi connectivity index (χ3v) is 5.06. The van der Waals surface area contributed by atoms with Gasteiger partial charge >= 0.3 is 6.18 Å². The van der Waals surface area contributed by atoms with Gasteiger partial charge in [0, 0.05) is 32.3 Å². The van der Waals surface area contributed by atoms with Crippen LogP contribution in [0.15, 0.2) is 54.6 Å². The van der Waals surface area contributed by atoms with Gasteiger partial charge in [-0.3, -0.25) is 9.59 Å². The Kier molecular flexibility index (Phi) is 6.99. The van der Waals surface area contributed by atoms with Gasteiger partial charge in [-0.25, -0.2) is 0 Å². The van der Waals surface area contributed by atoms with Gasteiger partial charge < -0.3 is 14.5 Å². The number of amides is 2. The van der Waals surface area contributed by atoms with E-state index in [0.29, 0.717) is 49.5 Å². The van der Waals surface area contributed by atoms with Crippen molar-refractivity contribution in [2.75, 3.05) is 33.3 Å². The zero-order chi connectivity index (χ0) is 22.4. The van der Waals surface area contributed by atoms with E-state index in [4.69, 9.17) is 4.74 Å². The van der Waals surface area contributed by atoms with Gasteiger partial charge in [0.15, 0.2) is 0 Å². The highest BCUT2D eigenvalue weighted by Crippen LogP contribution is 2.29. The van der Waals surface area contributed by atoms with Crippen LogP contribution in [-0.4, -0.2) is 54.9 Å². The van der Waals surface area contributed by atoms with Crippen LogP contribution in [0, 0.1) is 0 Å². The Labute approximate surface area is 178 Å². The predicted molar refractivity (Wildman–Crippen MR) is 111 cm³/mol. The molecule has 5 nitrogen and oxygen atoms in total. The first kappa shape index (κ1) is 22.4. The number of methoxy groups -OCH3 is 1. The molecule has 0 N–H and O–H groups in total. The molecule has 2 aromatic rings. The molecule has 31 heavy (non-hydrogen) atoms. The summed E-state index contributed by atoms with van der Waals surface area (Å²) in [6, 6.07) is 11.8. The fourth-order valence-corrected chi connectivity index (χ4v) is 3.42. The zero-order valence-corrected chi connectivity index (χ0v) is 17.1. The number of para-hydroxylation sites is 1. The van der Waals surface area contributed by atoms with E-state index >= 15 is 0 Å². The molecule has 2 amide bonds. The summed E-state index contributed by atoms with van der Waals surface area (Å²) < 4.78 is 43.8. The number of alkyl halides is 3. The van der Waals surface area contributed by atoms with Crippen LogP contribution < -0.4 is 4.74 Å². The summed E-state index contributed by atoms with van der Waals surface area (Å²) in [5.74, 6) is 0.0314. The molecule has 0 aromatic heterocycles. The first-order chi connectivity index (χ1) is 14.8. The lowest BCUT2D eigenvalue weighted by molar-refractivity contribution is -0.137. The molecule has 164 valence electrons. The highest BCUT2D eigenvalue weighted by molar-refractivity contribution is 5.97. The lowest BCUT2D eigenvalue weighted by Gasteiger charge is -2.22. The van der Waals surface area contributed by atoms with E-state index in [1.807, 2.05) is 0 Å². The summed E-state index contributed by atoms with van der Waals surface area (Å²) in [6.45, 7) is 1.66. The normalized spacial score (nSPS) is 15.1. The van der Waals surface area contributed by atoms with Crippen LogP contribution in [0.5, 0.6) is 5.75 Å². The summed E-state index contributed by atoms with van der Waals surface area (Å²) in [6.07, 6.45) is -1.19. The third kappa shape index (κ3) is 5.65. The lowest BCUT2D eigenvalue weighted by atomic mass is 10.1. The van der Waals surface area contributed by atoms with E-state index in [9.17, 15) is 22.8 Å². The number of carbonyl (C=O) groups excluding carboxylic acids is 2. The number of ether oxygens (including phenoxy) is 1. The summed E-state index contributed by atoms with van der Waals surface area (Å²) in [7, 11) is 1.51. The van der Waals surface area contributed by atoms with Gasteiger partial charge in [0.2, 0.25) is 5.91 Å². The first-order valence-electron chi connectivity index (χ1n) is 9.86. The fourth-order valence-electron chi connectivity index (χ4n) is 3.42. The van der Waals surface area contributed by atoms with Crippen LogP contribution in [0.3, 0.4) is 0 Å². The van der Waals surface area contributed by atoms with E-state index in [2.05, 4.69) is 0 Å². The molecular formula is C23H23F3N2O3. The van der Waals surface area contributed by atoms with Crippen molar-refractivity contribution in [1.82, 2.24) is 9.80 Å². The molecular weight excluding hydrogens is 409 g/mol. The molecule has 0 aliphatic carbocycles. The molecule has 0 radical (unpaired) electrons. The number of halogens is 3. The van der Waals surface area contributed by atoms with Crippen LogP contribution in [0.4, 0.5) is 13.2 Å². The Bertz CT molecular complexity index is 973.